The lowest BCUT2D eigenvalue weighted by atomic mass is 9.95. The van der Waals surface area contributed by atoms with Gasteiger partial charge in [0.05, 0.1) is 11.9 Å². The predicted molar refractivity (Wildman–Crippen MR) is 80.9 cm³/mol. The number of nitrogens with one attached hydrogen (secondary N) is 2. The highest BCUT2D eigenvalue weighted by Crippen LogP contribution is 2.21. The van der Waals surface area contributed by atoms with Gasteiger partial charge in [0.1, 0.15) is 20.0 Å². The van der Waals surface area contributed by atoms with Crippen molar-refractivity contribution < 1.29 is 9.90 Å². The molecule has 7 nitrogen and oxygen atoms in total. The molecule has 0 atom stereocenters. The Balaban J connectivity index is 1.91. The molecule has 0 fully saturated rings. The standard InChI is InChI=1S/C13H12BN5O2/c14-7-1-2-9-10(3-7)15-6-16-13(9)17-11-4-8(18-19-11)5-12(20)21/h1-4,6H,5,14H2,(H,20,21)(H2,15,16,17,18,19). The molecule has 2 heterocycles. The lowest BCUT2D eigenvalue weighted by molar-refractivity contribution is -0.136. The maximum atomic E-state index is 10.7. The van der Waals surface area contributed by atoms with Gasteiger partial charge in [-0.15, -0.1) is 0 Å². The van der Waals surface area contributed by atoms with Crippen LogP contribution < -0.4 is 10.8 Å². The Kier molecular flexibility index (Phi) is 3.27. The fourth-order valence-electron chi connectivity index (χ4n) is 2.07. The number of benzene rings is 1. The second-order valence-electron chi connectivity index (χ2n) is 4.72. The molecule has 0 bridgehead atoms. The number of hydrogen-bond donors (Lipinski definition) is 3. The van der Waals surface area contributed by atoms with Crippen molar-refractivity contribution in [1.29, 1.82) is 0 Å². The Bertz CT molecular complexity index is 817. The number of aromatic amines is 1. The van der Waals surface area contributed by atoms with Gasteiger partial charge in [0.15, 0.2) is 5.82 Å². The van der Waals surface area contributed by atoms with Crippen molar-refractivity contribution >= 4 is 41.8 Å². The van der Waals surface area contributed by atoms with E-state index in [9.17, 15) is 4.79 Å². The van der Waals surface area contributed by atoms with Crippen molar-refractivity contribution in [1.82, 2.24) is 20.2 Å². The third-order valence-corrected chi connectivity index (χ3v) is 3.01. The van der Waals surface area contributed by atoms with E-state index in [1.165, 1.54) is 6.33 Å². The summed E-state index contributed by atoms with van der Waals surface area (Å²) in [5.41, 5.74) is 2.49. The molecule has 0 saturated heterocycles. The molecule has 0 radical (unpaired) electrons. The molecular weight excluding hydrogens is 269 g/mol. The first kappa shape index (κ1) is 13.1. The van der Waals surface area contributed by atoms with Gasteiger partial charge in [-0.2, -0.15) is 5.10 Å². The average Bonchev–Trinajstić information content (AvgIpc) is 2.85. The maximum Gasteiger partial charge on any atom is 0.309 e. The third kappa shape index (κ3) is 2.83. The van der Waals surface area contributed by atoms with Crippen LogP contribution in [0, 0.1) is 0 Å². The zero-order chi connectivity index (χ0) is 14.8. The minimum Gasteiger partial charge on any atom is -0.481 e. The third-order valence-electron chi connectivity index (χ3n) is 3.01. The van der Waals surface area contributed by atoms with Crippen molar-refractivity contribution in [3.05, 3.63) is 36.3 Å². The highest BCUT2D eigenvalue weighted by atomic mass is 16.4. The summed E-state index contributed by atoms with van der Waals surface area (Å²) in [6.07, 6.45) is 1.38. The summed E-state index contributed by atoms with van der Waals surface area (Å²) >= 11 is 0. The van der Waals surface area contributed by atoms with E-state index >= 15 is 0 Å². The largest absolute Gasteiger partial charge is 0.481 e. The maximum absolute atomic E-state index is 10.7. The SMILES string of the molecule is Bc1ccc2c(Nc3cc(CC(=O)O)[nH]n3)ncnc2c1. The van der Waals surface area contributed by atoms with E-state index in [-0.39, 0.29) is 6.42 Å². The van der Waals surface area contributed by atoms with Crippen molar-refractivity contribution in [2.75, 3.05) is 5.32 Å². The number of aliphatic carboxylic acids is 1. The number of rotatable bonds is 4. The van der Waals surface area contributed by atoms with Crippen molar-refractivity contribution in [3.63, 3.8) is 0 Å². The highest BCUT2D eigenvalue weighted by molar-refractivity contribution is 6.33. The number of carboxylic acids is 1. The first-order chi connectivity index (χ1) is 10.1. The monoisotopic (exact) mass is 281 g/mol. The summed E-state index contributed by atoms with van der Waals surface area (Å²) in [6, 6.07) is 7.55. The summed E-state index contributed by atoms with van der Waals surface area (Å²) in [6.45, 7) is 0. The number of nitrogens with zero attached hydrogens (tertiary/aromatic N) is 3. The molecule has 21 heavy (non-hydrogen) atoms. The quantitative estimate of drug-likeness (QED) is 0.581. The second kappa shape index (κ2) is 5.24. The fraction of sp³-hybridized carbons (Fsp3) is 0.0769. The van der Waals surface area contributed by atoms with Gasteiger partial charge in [-0.3, -0.25) is 9.89 Å². The molecule has 0 spiro atoms. The van der Waals surface area contributed by atoms with Crippen LogP contribution in [0.3, 0.4) is 0 Å². The van der Waals surface area contributed by atoms with E-state index in [2.05, 4.69) is 25.5 Å². The number of hydrogen-bond acceptors (Lipinski definition) is 5. The lowest BCUT2D eigenvalue weighted by Crippen LogP contribution is -2.03. The molecule has 0 aliphatic carbocycles. The highest BCUT2D eigenvalue weighted by Gasteiger charge is 2.08. The van der Waals surface area contributed by atoms with Gasteiger partial charge in [-0.25, -0.2) is 9.97 Å². The van der Waals surface area contributed by atoms with Crippen LogP contribution in [0.25, 0.3) is 10.9 Å². The van der Waals surface area contributed by atoms with Gasteiger partial charge in [0.25, 0.3) is 0 Å². The number of carbonyl (C=O) groups is 1. The van der Waals surface area contributed by atoms with E-state index in [0.717, 1.165) is 16.4 Å². The fourth-order valence-corrected chi connectivity index (χ4v) is 2.07. The zero-order valence-electron chi connectivity index (χ0n) is 11.3. The Hall–Kier alpha value is -2.90. The van der Waals surface area contributed by atoms with Crippen LogP contribution in [0.15, 0.2) is 30.6 Å². The molecule has 0 amide bonds. The van der Waals surface area contributed by atoms with Crippen molar-refractivity contribution in [3.8, 4) is 0 Å². The van der Waals surface area contributed by atoms with Crippen LogP contribution in [-0.2, 0) is 11.2 Å². The first-order valence-electron chi connectivity index (χ1n) is 6.36. The Morgan fingerprint density at radius 2 is 2.19 bits per heavy atom. The molecule has 0 unspecified atom stereocenters. The number of carboxylic acid groups (broad SMARTS) is 1. The van der Waals surface area contributed by atoms with E-state index in [1.54, 1.807) is 6.07 Å². The minimum atomic E-state index is -0.909. The normalized spacial score (nSPS) is 10.7. The molecule has 3 N–H and O–H groups in total. The van der Waals surface area contributed by atoms with Gasteiger partial charge in [0.2, 0.25) is 0 Å². The van der Waals surface area contributed by atoms with Crippen molar-refractivity contribution in [2.45, 2.75) is 6.42 Å². The smallest absolute Gasteiger partial charge is 0.309 e. The molecule has 0 aliphatic rings. The summed E-state index contributed by atoms with van der Waals surface area (Å²) in [7, 11) is 2.00. The van der Waals surface area contributed by atoms with E-state index < -0.39 is 5.97 Å². The minimum absolute atomic E-state index is 0.0988. The Morgan fingerprint density at radius 3 is 3.00 bits per heavy atom. The molecule has 0 aliphatic heterocycles. The molecule has 3 aromatic rings. The zero-order valence-corrected chi connectivity index (χ0v) is 11.3. The lowest BCUT2D eigenvalue weighted by Gasteiger charge is -2.06. The molecular formula is C13H12BN5O2. The number of anilines is 2. The van der Waals surface area contributed by atoms with E-state index in [1.807, 2.05) is 26.0 Å². The van der Waals surface area contributed by atoms with Crippen LogP contribution in [0.4, 0.5) is 11.6 Å². The Morgan fingerprint density at radius 1 is 1.33 bits per heavy atom. The molecule has 1 aromatic carbocycles. The molecule has 0 saturated carbocycles. The van der Waals surface area contributed by atoms with Crippen molar-refractivity contribution in [2.24, 2.45) is 0 Å². The topological polar surface area (TPSA) is 104 Å². The van der Waals surface area contributed by atoms with E-state index in [4.69, 9.17) is 5.11 Å². The molecule has 8 heteroatoms. The van der Waals surface area contributed by atoms with Gasteiger partial charge >= 0.3 is 5.97 Å². The van der Waals surface area contributed by atoms with Crippen LogP contribution in [0.1, 0.15) is 5.69 Å². The van der Waals surface area contributed by atoms with Crippen LogP contribution in [-0.4, -0.2) is 39.1 Å². The first-order valence-corrected chi connectivity index (χ1v) is 6.36. The molecule has 104 valence electrons. The van der Waals surface area contributed by atoms with Gasteiger partial charge in [-0.05, 0) is 12.1 Å². The molecule has 3 rings (SSSR count). The molecule has 2 aromatic heterocycles. The van der Waals surface area contributed by atoms with Gasteiger partial charge < -0.3 is 10.4 Å². The summed E-state index contributed by atoms with van der Waals surface area (Å²) in [5.74, 6) is 0.244. The van der Waals surface area contributed by atoms with Gasteiger partial charge in [0, 0.05) is 17.1 Å². The number of H-pyrrole nitrogens is 1. The number of aromatic nitrogens is 4. The summed E-state index contributed by atoms with van der Waals surface area (Å²) in [5, 5.41) is 19.4. The summed E-state index contributed by atoms with van der Waals surface area (Å²) in [4.78, 5) is 19.1. The van der Waals surface area contributed by atoms with Crippen LogP contribution in [0.2, 0.25) is 0 Å². The van der Waals surface area contributed by atoms with Crippen LogP contribution >= 0.6 is 0 Å². The van der Waals surface area contributed by atoms with E-state index in [0.29, 0.717) is 17.3 Å². The average molecular weight is 281 g/mol. The van der Waals surface area contributed by atoms with Crippen LogP contribution in [0.5, 0.6) is 0 Å². The predicted octanol–water partition coefficient (Wildman–Crippen LogP) is -0.0180. The summed E-state index contributed by atoms with van der Waals surface area (Å²) < 4.78 is 0. The van der Waals surface area contributed by atoms with Gasteiger partial charge in [-0.1, -0.05) is 11.5 Å². The Labute approximate surface area is 120 Å². The number of fused-ring (bicyclic) bond motifs is 1. The second-order valence-corrected chi connectivity index (χ2v) is 4.72.